The number of halogens is 3. The van der Waals surface area contributed by atoms with Gasteiger partial charge in [0.05, 0.1) is 3.79 Å². The average molecular weight is 440 g/mol. The molecule has 1 heterocycles. The molecule has 1 nitrogen and oxygen atoms in total. The highest BCUT2D eigenvalue weighted by Crippen LogP contribution is 2.33. The number of benzene rings is 1. The van der Waals surface area contributed by atoms with E-state index in [2.05, 4.69) is 84.3 Å². The maximum atomic E-state index is 3.55. The van der Waals surface area contributed by atoms with E-state index in [4.69, 9.17) is 0 Å². The van der Waals surface area contributed by atoms with E-state index in [1.165, 1.54) is 10.4 Å². The fourth-order valence-electron chi connectivity index (χ4n) is 1.44. The van der Waals surface area contributed by atoms with Gasteiger partial charge in [0.1, 0.15) is 0 Å². The lowest BCUT2D eigenvalue weighted by Gasteiger charge is -2.08. The molecule has 0 amide bonds. The Bertz CT molecular complexity index is 517. The van der Waals surface area contributed by atoms with E-state index in [0.717, 1.165) is 25.0 Å². The first-order valence-corrected chi connectivity index (χ1v) is 8.19. The normalized spacial score (nSPS) is 10.6. The van der Waals surface area contributed by atoms with Crippen molar-refractivity contribution in [1.82, 2.24) is 0 Å². The van der Waals surface area contributed by atoms with Gasteiger partial charge in [0.2, 0.25) is 0 Å². The third-order valence-electron chi connectivity index (χ3n) is 2.27. The summed E-state index contributed by atoms with van der Waals surface area (Å²) in [7, 11) is 0. The topological polar surface area (TPSA) is 12.0 Å². The zero-order chi connectivity index (χ0) is 12.4. The number of thiophene rings is 1. The molecule has 5 heteroatoms. The molecule has 0 bridgehead atoms. The number of hydrogen-bond acceptors (Lipinski definition) is 2. The van der Waals surface area contributed by atoms with Crippen LogP contribution < -0.4 is 5.32 Å². The summed E-state index contributed by atoms with van der Waals surface area (Å²) in [4.78, 5) is 1.29. The van der Waals surface area contributed by atoms with Gasteiger partial charge in [0, 0.05) is 26.1 Å². The van der Waals surface area contributed by atoms with Crippen molar-refractivity contribution in [2.75, 3.05) is 5.32 Å². The highest BCUT2D eigenvalue weighted by molar-refractivity contribution is 9.13. The zero-order valence-corrected chi connectivity index (χ0v) is 14.6. The van der Waals surface area contributed by atoms with Crippen LogP contribution in [0.4, 0.5) is 5.69 Å². The average Bonchev–Trinajstić information content (AvgIpc) is 2.60. The molecule has 0 unspecified atom stereocenters. The molecule has 2 rings (SSSR count). The van der Waals surface area contributed by atoms with E-state index in [0.29, 0.717) is 0 Å². The maximum absolute atomic E-state index is 3.55. The zero-order valence-electron chi connectivity index (χ0n) is 9.06. The van der Waals surface area contributed by atoms with E-state index in [-0.39, 0.29) is 0 Å². The molecule has 0 radical (unpaired) electrons. The van der Waals surface area contributed by atoms with Gasteiger partial charge in [-0.3, -0.25) is 0 Å². The number of hydrogen-bond donors (Lipinski definition) is 1. The van der Waals surface area contributed by atoms with Crippen molar-refractivity contribution < 1.29 is 0 Å². The lowest BCUT2D eigenvalue weighted by Crippen LogP contribution is -1.98. The number of anilines is 1. The lowest BCUT2D eigenvalue weighted by molar-refractivity contribution is 1.18. The molecule has 0 atom stereocenters. The third kappa shape index (κ3) is 3.56. The fourth-order valence-corrected chi connectivity index (χ4v) is 3.94. The first kappa shape index (κ1) is 13.6. The summed E-state index contributed by atoms with van der Waals surface area (Å²) in [5.41, 5.74) is 2.38. The quantitative estimate of drug-likeness (QED) is 0.622. The molecule has 0 saturated heterocycles. The second-order valence-corrected chi connectivity index (χ2v) is 7.83. The van der Waals surface area contributed by atoms with Crippen molar-refractivity contribution in [3.63, 3.8) is 0 Å². The predicted molar refractivity (Wildman–Crippen MR) is 85.9 cm³/mol. The Morgan fingerprint density at radius 3 is 2.53 bits per heavy atom. The standard InChI is InChI=1S/C12H10Br3NS/c1-7-2-3-9(13)11(4-7)16-6-8-5-10(14)12(15)17-8/h2-5,16H,6H2,1H3. The Hall–Kier alpha value is 0.160. The second-order valence-electron chi connectivity index (χ2n) is 3.67. The van der Waals surface area contributed by atoms with E-state index in [1.54, 1.807) is 11.3 Å². The lowest BCUT2D eigenvalue weighted by atomic mass is 10.2. The van der Waals surface area contributed by atoms with Gasteiger partial charge in [-0.25, -0.2) is 0 Å². The summed E-state index contributed by atoms with van der Waals surface area (Å²) in [5, 5.41) is 3.43. The molecule has 0 saturated carbocycles. The highest BCUT2D eigenvalue weighted by Gasteiger charge is 2.05. The Morgan fingerprint density at radius 2 is 1.88 bits per heavy atom. The molecule has 0 aliphatic carbocycles. The van der Waals surface area contributed by atoms with Crippen molar-refractivity contribution in [3.05, 3.63) is 47.4 Å². The summed E-state index contributed by atoms with van der Waals surface area (Å²) in [6.07, 6.45) is 0. The Morgan fingerprint density at radius 1 is 1.12 bits per heavy atom. The largest absolute Gasteiger partial charge is 0.379 e. The smallest absolute Gasteiger partial charge is 0.0843 e. The SMILES string of the molecule is Cc1ccc(Br)c(NCc2cc(Br)c(Br)s2)c1. The minimum Gasteiger partial charge on any atom is -0.379 e. The van der Waals surface area contributed by atoms with Gasteiger partial charge < -0.3 is 5.32 Å². The highest BCUT2D eigenvalue weighted by atomic mass is 79.9. The van der Waals surface area contributed by atoms with Crippen molar-refractivity contribution in [3.8, 4) is 0 Å². The number of rotatable bonds is 3. The maximum Gasteiger partial charge on any atom is 0.0843 e. The van der Waals surface area contributed by atoms with E-state index >= 15 is 0 Å². The van der Waals surface area contributed by atoms with Crippen molar-refractivity contribution in [1.29, 1.82) is 0 Å². The molecule has 0 aliphatic rings. The van der Waals surface area contributed by atoms with Crippen molar-refractivity contribution >= 4 is 64.8 Å². The van der Waals surface area contributed by atoms with Crippen LogP contribution in [0.25, 0.3) is 0 Å². The van der Waals surface area contributed by atoms with Gasteiger partial charge in [-0.2, -0.15) is 0 Å². The van der Waals surface area contributed by atoms with Crippen LogP contribution in [0.3, 0.4) is 0 Å². The summed E-state index contributed by atoms with van der Waals surface area (Å²) in [6.45, 7) is 2.92. The van der Waals surface area contributed by atoms with Crippen LogP contribution in [-0.4, -0.2) is 0 Å². The minimum atomic E-state index is 0.830. The molecule has 0 aliphatic heterocycles. The van der Waals surface area contributed by atoms with Crippen LogP contribution >= 0.6 is 59.1 Å². The summed E-state index contributed by atoms with van der Waals surface area (Å²) in [5.74, 6) is 0. The molecule has 1 N–H and O–H groups in total. The molecule has 0 spiro atoms. The molecule has 2 aromatic rings. The second kappa shape index (κ2) is 5.87. The minimum absolute atomic E-state index is 0.830. The monoisotopic (exact) mass is 437 g/mol. The van der Waals surface area contributed by atoms with Crippen LogP contribution in [0.2, 0.25) is 0 Å². The molecule has 1 aromatic heterocycles. The third-order valence-corrected chi connectivity index (χ3v) is 6.22. The predicted octanol–water partition coefficient (Wildman–Crippen LogP) is 5.96. The van der Waals surface area contributed by atoms with Crippen LogP contribution in [-0.2, 0) is 6.54 Å². The van der Waals surface area contributed by atoms with Gasteiger partial charge in [-0.05, 0) is 78.5 Å². The Balaban J connectivity index is 2.09. The van der Waals surface area contributed by atoms with Crippen LogP contribution in [0, 0.1) is 6.92 Å². The Labute approximate surface area is 130 Å². The summed E-state index contributed by atoms with van der Waals surface area (Å²) in [6, 6.07) is 8.43. The molecular formula is C12H10Br3NS. The molecule has 90 valence electrons. The van der Waals surface area contributed by atoms with Crippen molar-refractivity contribution in [2.24, 2.45) is 0 Å². The van der Waals surface area contributed by atoms with E-state index in [1.807, 2.05) is 0 Å². The summed E-state index contributed by atoms with van der Waals surface area (Å²) < 4.78 is 3.35. The molecular weight excluding hydrogens is 430 g/mol. The molecule has 1 aromatic carbocycles. The summed E-state index contributed by atoms with van der Waals surface area (Å²) >= 11 is 12.3. The molecule has 0 fully saturated rings. The van der Waals surface area contributed by atoms with Crippen LogP contribution in [0.1, 0.15) is 10.4 Å². The fraction of sp³-hybridized carbons (Fsp3) is 0.167. The van der Waals surface area contributed by atoms with E-state index < -0.39 is 0 Å². The van der Waals surface area contributed by atoms with Gasteiger partial charge in [0.15, 0.2) is 0 Å². The van der Waals surface area contributed by atoms with E-state index in [9.17, 15) is 0 Å². The van der Waals surface area contributed by atoms with Crippen molar-refractivity contribution in [2.45, 2.75) is 13.5 Å². The Kier molecular flexibility index (Phi) is 4.69. The number of nitrogens with one attached hydrogen (secondary N) is 1. The van der Waals surface area contributed by atoms with Crippen LogP contribution in [0.5, 0.6) is 0 Å². The first-order chi connectivity index (χ1) is 8.06. The van der Waals surface area contributed by atoms with Gasteiger partial charge in [-0.15, -0.1) is 11.3 Å². The van der Waals surface area contributed by atoms with Gasteiger partial charge in [-0.1, -0.05) is 6.07 Å². The molecule has 17 heavy (non-hydrogen) atoms. The first-order valence-electron chi connectivity index (χ1n) is 5.00. The van der Waals surface area contributed by atoms with Gasteiger partial charge in [0.25, 0.3) is 0 Å². The van der Waals surface area contributed by atoms with Crippen LogP contribution in [0.15, 0.2) is 37.0 Å². The number of aryl methyl sites for hydroxylation is 1. The van der Waals surface area contributed by atoms with Gasteiger partial charge >= 0.3 is 0 Å².